The maximum absolute atomic E-state index is 12.5. The predicted molar refractivity (Wildman–Crippen MR) is 107 cm³/mol. The summed E-state index contributed by atoms with van der Waals surface area (Å²) < 4.78 is 10.4. The third-order valence-corrected chi connectivity index (χ3v) is 3.93. The molecule has 0 aliphatic rings. The first kappa shape index (κ1) is 24.0. The summed E-state index contributed by atoms with van der Waals surface area (Å²) in [6.45, 7) is 5.65. The Hall–Kier alpha value is -2.06. The summed E-state index contributed by atoms with van der Waals surface area (Å²) >= 11 is 0. The Kier molecular flexibility index (Phi) is 10.0. The number of hydrogen-bond donors (Lipinski definition) is 2. The largest absolute Gasteiger partial charge is 2.00 e. The van der Waals surface area contributed by atoms with Crippen molar-refractivity contribution >= 4 is 22.4 Å². The summed E-state index contributed by atoms with van der Waals surface area (Å²) in [5.74, 6) is 0.378. The molecule has 8 nitrogen and oxygen atoms in total. The molecule has 0 saturated heterocycles. The van der Waals surface area contributed by atoms with E-state index in [0.29, 0.717) is 50.5 Å². The van der Waals surface area contributed by atoms with Gasteiger partial charge >= 0.3 is 28.3 Å². The van der Waals surface area contributed by atoms with E-state index >= 15 is 0 Å². The fourth-order valence-corrected chi connectivity index (χ4v) is 2.57. The van der Waals surface area contributed by atoms with Crippen LogP contribution in [0.25, 0.3) is 11.0 Å². The smallest absolute Gasteiger partial charge is 0.428 e. The molecule has 9 heteroatoms. The zero-order valence-electron chi connectivity index (χ0n) is 16.1. The predicted octanol–water partition coefficient (Wildman–Crippen LogP) is 1.39. The van der Waals surface area contributed by atoms with Crippen LogP contribution in [0.3, 0.4) is 0 Å². The van der Waals surface area contributed by atoms with Gasteiger partial charge in [0.15, 0.2) is 0 Å². The third kappa shape index (κ3) is 6.52. The number of nitrogens with two attached hydrogens (primary N) is 2. The number of aliphatic imine (C=N–C) groups is 2. The van der Waals surface area contributed by atoms with Gasteiger partial charge in [0, 0.05) is 31.3 Å². The van der Waals surface area contributed by atoms with Crippen LogP contribution in [0.1, 0.15) is 37.5 Å². The van der Waals surface area contributed by atoms with E-state index in [9.17, 15) is 9.59 Å². The van der Waals surface area contributed by atoms with Gasteiger partial charge in [0.05, 0.1) is 11.3 Å². The molecule has 0 aliphatic carbocycles. The summed E-state index contributed by atoms with van der Waals surface area (Å²) in [4.78, 5) is 33.6. The van der Waals surface area contributed by atoms with Crippen LogP contribution in [0.4, 0.5) is 0 Å². The Balaban J connectivity index is 0.00000392. The number of aryl methyl sites for hydroxylation is 1. The van der Waals surface area contributed by atoms with Crippen LogP contribution in [0.5, 0.6) is 0 Å². The van der Waals surface area contributed by atoms with Crippen molar-refractivity contribution in [1.82, 2.24) is 0 Å². The maximum Gasteiger partial charge on any atom is 2.00 e. The molecule has 2 heterocycles. The topological polar surface area (TPSA) is 137 Å². The second-order valence-electron chi connectivity index (χ2n) is 6.28. The van der Waals surface area contributed by atoms with E-state index in [-0.39, 0.29) is 33.6 Å². The van der Waals surface area contributed by atoms with Crippen molar-refractivity contribution in [3.05, 3.63) is 44.3 Å². The molecular weight excluding hydrogens is 412 g/mol. The van der Waals surface area contributed by atoms with Crippen LogP contribution in [0.2, 0.25) is 0 Å². The average molecular weight is 438 g/mol. The van der Waals surface area contributed by atoms with E-state index in [1.807, 2.05) is 6.92 Å². The van der Waals surface area contributed by atoms with Crippen LogP contribution in [-0.4, -0.2) is 37.6 Å². The normalized spacial score (nSPS) is 12.3. The quantitative estimate of drug-likeness (QED) is 0.345. The zero-order chi connectivity index (χ0) is 19.8. The second-order valence-corrected chi connectivity index (χ2v) is 6.28. The molecule has 0 saturated carbocycles. The molecule has 0 aromatic carbocycles. The number of hydrogen-bond acceptors (Lipinski definition) is 8. The third-order valence-electron chi connectivity index (χ3n) is 3.93. The van der Waals surface area contributed by atoms with Crippen LogP contribution < -0.4 is 22.7 Å². The molecular formula is C19H26CuN4O4+2. The summed E-state index contributed by atoms with van der Waals surface area (Å²) in [6, 6.07) is 3.01. The molecule has 28 heavy (non-hydrogen) atoms. The first-order valence-corrected chi connectivity index (χ1v) is 8.98. The zero-order valence-corrected chi connectivity index (χ0v) is 17.0. The average Bonchev–Trinajstić information content (AvgIpc) is 2.60. The summed E-state index contributed by atoms with van der Waals surface area (Å²) in [6.07, 6.45) is 1.85. The van der Waals surface area contributed by atoms with Gasteiger partial charge in [-0.15, -0.1) is 0 Å². The van der Waals surface area contributed by atoms with Crippen molar-refractivity contribution in [1.29, 1.82) is 0 Å². The van der Waals surface area contributed by atoms with Gasteiger partial charge in [0.1, 0.15) is 16.7 Å². The van der Waals surface area contributed by atoms with E-state index in [1.54, 1.807) is 6.92 Å². The van der Waals surface area contributed by atoms with Gasteiger partial charge in [0.25, 0.3) is 0 Å². The van der Waals surface area contributed by atoms with Crippen molar-refractivity contribution in [3.8, 4) is 0 Å². The maximum atomic E-state index is 12.5. The molecule has 0 atom stereocenters. The van der Waals surface area contributed by atoms with Gasteiger partial charge in [0.2, 0.25) is 0 Å². The SMILES string of the molecule is CC(CC(=NCCCN)c1cc2c(=O)oc(C)cc2oc1=O)=NCCCN.[Cu+2]. The van der Waals surface area contributed by atoms with E-state index in [2.05, 4.69) is 9.98 Å². The summed E-state index contributed by atoms with van der Waals surface area (Å²) in [7, 11) is 0. The van der Waals surface area contributed by atoms with Crippen molar-refractivity contribution < 1.29 is 25.9 Å². The van der Waals surface area contributed by atoms with E-state index in [4.69, 9.17) is 20.3 Å². The minimum Gasteiger partial charge on any atom is -0.428 e. The van der Waals surface area contributed by atoms with E-state index in [0.717, 1.165) is 12.1 Å². The Morgan fingerprint density at radius 3 is 2.29 bits per heavy atom. The molecule has 2 aromatic rings. The van der Waals surface area contributed by atoms with Crippen LogP contribution >= 0.6 is 0 Å². The fraction of sp³-hybridized carbons (Fsp3) is 0.474. The minimum atomic E-state index is -0.551. The number of rotatable bonds is 9. The Morgan fingerprint density at radius 2 is 1.64 bits per heavy atom. The first-order chi connectivity index (χ1) is 13.0. The monoisotopic (exact) mass is 437 g/mol. The molecule has 2 aromatic heterocycles. The second kappa shape index (κ2) is 11.7. The van der Waals surface area contributed by atoms with Gasteiger partial charge in [-0.3, -0.25) is 9.98 Å². The van der Waals surface area contributed by atoms with E-state index in [1.165, 1.54) is 12.1 Å². The number of nitrogens with zero attached hydrogens (tertiary/aromatic N) is 2. The molecule has 155 valence electrons. The van der Waals surface area contributed by atoms with Crippen molar-refractivity contribution in [3.63, 3.8) is 0 Å². The van der Waals surface area contributed by atoms with E-state index < -0.39 is 11.3 Å². The molecule has 0 unspecified atom stereocenters. The van der Waals surface area contributed by atoms with Crippen LogP contribution in [0.15, 0.2) is 40.5 Å². The van der Waals surface area contributed by atoms with Gasteiger partial charge in [-0.05, 0) is 45.8 Å². The summed E-state index contributed by atoms with van der Waals surface area (Å²) in [5, 5.41) is 0.208. The molecule has 0 fully saturated rings. The van der Waals surface area contributed by atoms with Crippen LogP contribution in [-0.2, 0) is 17.1 Å². The standard InChI is InChI=1S/C19H26N4O4.Cu/c1-12(22-7-3-5-20)9-16(23-8-4-6-21)14-11-15-17(27-18(14)24)10-13(2)26-19(15)25;/h10-11H,3-9,20-21H2,1-2H3;/q;+2. The van der Waals surface area contributed by atoms with Gasteiger partial charge < -0.3 is 20.3 Å². The molecule has 0 spiro atoms. The summed E-state index contributed by atoms with van der Waals surface area (Å²) in [5.41, 5.74) is 11.7. The Labute approximate surface area is 173 Å². The van der Waals surface area contributed by atoms with Crippen LogP contribution in [0, 0.1) is 6.92 Å². The van der Waals surface area contributed by atoms with Gasteiger partial charge in [-0.25, -0.2) is 9.59 Å². The number of fused-ring (bicyclic) bond motifs is 1. The molecule has 4 N–H and O–H groups in total. The van der Waals surface area contributed by atoms with Crippen molar-refractivity contribution in [2.75, 3.05) is 26.2 Å². The molecule has 0 aliphatic heterocycles. The minimum absolute atomic E-state index is 0. The Bertz CT molecular complexity index is 963. The molecule has 0 bridgehead atoms. The molecule has 1 radical (unpaired) electrons. The van der Waals surface area contributed by atoms with Crippen molar-refractivity contribution in [2.45, 2.75) is 33.1 Å². The molecule has 2 rings (SSSR count). The van der Waals surface area contributed by atoms with Gasteiger partial charge in [-0.1, -0.05) is 0 Å². The molecule has 0 amide bonds. The van der Waals surface area contributed by atoms with Gasteiger partial charge in [-0.2, -0.15) is 0 Å². The fourth-order valence-electron chi connectivity index (χ4n) is 2.57. The van der Waals surface area contributed by atoms with Crippen molar-refractivity contribution in [2.24, 2.45) is 21.5 Å². The first-order valence-electron chi connectivity index (χ1n) is 8.98. The Morgan fingerprint density at radius 1 is 1.00 bits per heavy atom.